The van der Waals surface area contributed by atoms with Gasteiger partial charge in [-0.1, -0.05) is 37.3 Å². The zero-order chi connectivity index (χ0) is 17.9. The molecule has 0 radical (unpaired) electrons. The SMILES string of the molecule is Cc1cc(C)c(S(=O)(=O)N2[C@H]([Si](C)(C)C)[C@@H]2c2ccco2)c(C)c1. The molecule has 0 N–H and O–H groups in total. The van der Waals surface area contributed by atoms with E-state index in [0.29, 0.717) is 4.90 Å². The monoisotopic (exact) mass is 363 g/mol. The third kappa shape index (κ3) is 2.76. The van der Waals surface area contributed by atoms with Crippen molar-refractivity contribution in [1.29, 1.82) is 0 Å². The molecule has 2 heterocycles. The van der Waals surface area contributed by atoms with Crippen LogP contribution in [0.25, 0.3) is 0 Å². The van der Waals surface area contributed by atoms with E-state index in [9.17, 15) is 8.42 Å². The molecule has 24 heavy (non-hydrogen) atoms. The van der Waals surface area contributed by atoms with Crippen molar-refractivity contribution in [2.75, 3.05) is 0 Å². The fraction of sp³-hybridized carbons (Fsp3) is 0.444. The number of hydrogen-bond acceptors (Lipinski definition) is 3. The highest BCUT2D eigenvalue weighted by Crippen LogP contribution is 2.52. The van der Waals surface area contributed by atoms with Gasteiger partial charge in [0.05, 0.1) is 25.3 Å². The second-order valence-electron chi connectivity index (χ2n) is 7.83. The zero-order valence-electron chi connectivity index (χ0n) is 15.1. The van der Waals surface area contributed by atoms with Gasteiger partial charge >= 0.3 is 0 Å². The van der Waals surface area contributed by atoms with Gasteiger partial charge in [-0.25, -0.2) is 8.42 Å². The van der Waals surface area contributed by atoms with Crippen molar-refractivity contribution < 1.29 is 12.8 Å². The quantitative estimate of drug-likeness (QED) is 0.604. The summed E-state index contributed by atoms with van der Waals surface area (Å²) in [6.45, 7) is 12.4. The van der Waals surface area contributed by atoms with Gasteiger partial charge in [-0.05, 0) is 44.0 Å². The molecule has 0 saturated carbocycles. The van der Waals surface area contributed by atoms with Crippen molar-refractivity contribution in [3.63, 3.8) is 0 Å². The molecule has 1 aromatic carbocycles. The Balaban J connectivity index is 2.10. The molecule has 1 unspecified atom stereocenters. The van der Waals surface area contributed by atoms with E-state index in [-0.39, 0.29) is 11.7 Å². The highest BCUT2D eigenvalue weighted by molar-refractivity contribution is 7.89. The van der Waals surface area contributed by atoms with E-state index in [1.165, 1.54) is 0 Å². The van der Waals surface area contributed by atoms with Gasteiger partial charge in [-0.3, -0.25) is 0 Å². The van der Waals surface area contributed by atoms with Gasteiger partial charge in [-0.15, -0.1) is 0 Å². The Labute approximate surface area is 145 Å². The standard InChI is InChI=1S/C18H25NO3SSi/c1-12-10-13(2)17(14(3)11-12)23(20,21)19-16(15-8-7-9-22-15)18(19)24(4,5)6/h7-11,16,18H,1-6H3/t16-,18+,19?/m0/s1. The molecule has 1 saturated heterocycles. The summed E-state index contributed by atoms with van der Waals surface area (Å²) in [6.07, 6.45) is 1.61. The van der Waals surface area contributed by atoms with Crippen LogP contribution in [0.1, 0.15) is 28.5 Å². The van der Waals surface area contributed by atoms with Crippen LogP contribution in [-0.2, 0) is 10.0 Å². The molecular weight excluding hydrogens is 338 g/mol. The molecule has 1 aliphatic heterocycles. The number of aryl methyl sites for hydroxylation is 3. The Hall–Kier alpha value is -1.37. The summed E-state index contributed by atoms with van der Waals surface area (Å²) < 4.78 is 34.0. The van der Waals surface area contributed by atoms with Crippen molar-refractivity contribution in [3.8, 4) is 0 Å². The first kappa shape index (κ1) is 17.4. The van der Waals surface area contributed by atoms with Crippen LogP contribution in [0.15, 0.2) is 39.8 Å². The Kier molecular flexibility index (Phi) is 4.05. The molecule has 0 amide bonds. The van der Waals surface area contributed by atoms with E-state index >= 15 is 0 Å². The fourth-order valence-corrected chi connectivity index (χ4v) is 9.39. The summed E-state index contributed by atoms with van der Waals surface area (Å²) in [6, 6.07) is 7.41. The summed E-state index contributed by atoms with van der Waals surface area (Å²) in [5, 5.41) is 0. The Morgan fingerprint density at radius 2 is 1.67 bits per heavy atom. The van der Waals surface area contributed by atoms with Gasteiger partial charge in [0.1, 0.15) is 5.76 Å². The topological polar surface area (TPSA) is 50.3 Å². The normalized spacial score (nSPS) is 24.2. The molecule has 3 rings (SSSR count). The lowest BCUT2D eigenvalue weighted by atomic mass is 10.1. The van der Waals surface area contributed by atoms with E-state index in [2.05, 4.69) is 19.6 Å². The first-order valence-corrected chi connectivity index (χ1v) is 13.2. The van der Waals surface area contributed by atoms with E-state index in [0.717, 1.165) is 22.5 Å². The highest BCUT2D eigenvalue weighted by Gasteiger charge is 2.63. The number of nitrogens with zero attached hydrogens (tertiary/aromatic N) is 1. The minimum absolute atomic E-state index is 0.0359. The largest absolute Gasteiger partial charge is 0.468 e. The second kappa shape index (κ2) is 5.57. The predicted octanol–water partition coefficient (Wildman–Crippen LogP) is 4.20. The van der Waals surface area contributed by atoms with E-state index in [1.807, 2.05) is 45.0 Å². The van der Waals surface area contributed by atoms with E-state index in [4.69, 9.17) is 4.42 Å². The molecule has 6 heteroatoms. The Morgan fingerprint density at radius 1 is 1.08 bits per heavy atom. The first-order chi connectivity index (χ1) is 11.0. The molecule has 0 bridgehead atoms. The third-order valence-electron chi connectivity index (χ3n) is 4.62. The van der Waals surface area contributed by atoms with Crippen molar-refractivity contribution in [2.45, 2.75) is 57.0 Å². The van der Waals surface area contributed by atoms with Gasteiger partial charge in [-0.2, -0.15) is 4.31 Å². The number of sulfonamides is 1. The highest BCUT2D eigenvalue weighted by atomic mass is 32.2. The molecule has 0 spiro atoms. The Morgan fingerprint density at radius 3 is 2.12 bits per heavy atom. The molecule has 1 aliphatic rings. The lowest BCUT2D eigenvalue weighted by molar-refractivity contribution is 0.486. The van der Waals surface area contributed by atoms with Gasteiger partial charge < -0.3 is 4.42 Å². The summed E-state index contributed by atoms with van der Waals surface area (Å²) in [7, 11) is -5.25. The number of furan rings is 1. The number of hydrogen-bond donors (Lipinski definition) is 0. The molecule has 0 aliphatic carbocycles. The summed E-state index contributed by atoms with van der Waals surface area (Å²) in [4.78, 5) is 0.449. The first-order valence-electron chi connectivity index (χ1n) is 8.20. The number of rotatable bonds is 4. The summed E-state index contributed by atoms with van der Waals surface area (Å²) in [5.74, 6) is 0.744. The summed E-state index contributed by atoms with van der Waals surface area (Å²) in [5.41, 5.74) is 2.74. The lowest BCUT2D eigenvalue weighted by Crippen LogP contribution is -2.33. The predicted molar refractivity (Wildman–Crippen MR) is 98.3 cm³/mol. The minimum atomic E-state index is -3.54. The Bertz CT molecular complexity index is 843. The minimum Gasteiger partial charge on any atom is -0.468 e. The van der Waals surface area contributed by atoms with Gasteiger partial charge in [0.25, 0.3) is 0 Å². The van der Waals surface area contributed by atoms with Crippen LogP contribution >= 0.6 is 0 Å². The van der Waals surface area contributed by atoms with Crippen molar-refractivity contribution in [2.24, 2.45) is 0 Å². The molecule has 3 atom stereocenters. The van der Waals surface area contributed by atoms with Crippen LogP contribution in [0.4, 0.5) is 0 Å². The second-order valence-corrected chi connectivity index (χ2v) is 14.9. The fourth-order valence-electron chi connectivity index (χ4n) is 3.79. The lowest BCUT2D eigenvalue weighted by Gasteiger charge is -2.17. The van der Waals surface area contributed by atoms with Crippen molar-refractivity contribution in [3.05, 3.63) is 53.0 Å². The molecule has 130 valence electrons. The maximum absolute atomic E-state index is 13.4. The zero-order valence-corrected chi connectivity index (χ0v) is 16.9. The van der Waals surface area contributed by atoms with Crippen molar-refractivity contribution in [1.82, 2.24) is 4.31 Å². The van der Waals surface area contributed by atoms with Gasteiger partial charge in [0, 0.05) is 5.67 Å². The van der Waals surface area contributed by atoms with Crippen LogP contribution in [0.2, 0.25) is 19.6 Å². The average Bonchev–Trinajstić information content (AvgIpc) is 2.97. The van der Waals surface area contributed by atoms with Crippen LogP contribution in [0.5, 0.6) is 0 Å². The van der Waals surface area contributed by atoms with Crippen LogP contribution in [-0.4, -0.2) is 26.5 Å². The van der Waals surface area contributed by atoms with E-state index in [1.54, 1.807) is 10.6 Å². The maximum Gasteiger partial charge on any atom is 0.244 e. The maximum atomic E-state index is 13.4. The van der Waals surface area contributed by atoms with Crippen LogP contribution in [0.3, 0.4) is 0 Å². The van der Waals surface area contributed by atoms with Crippen molar-refractivity contribution >= 4 is 18.1 Å². The number of benzene rings is 1. The molecule has 1 fully saturated rings. The summed E-state index contributed by atoms with van der Waals surface area (Å²) >= 11 is 0. The molecule has 4 nitrogen and oxygen atoms in total. The van der Waals surface area contributed by atoms with Gasteiger partial charge in [0.15, 0.2) is 0 Å². The average molecular weight is 364 g/mol. The van der Waals surface area contributed by atoms with Gasteiger partial charge in [0.2, 0.25) is 10.0 Å². The third-order valence-corrected chi connectivity index (χ3v) is 9.34. The van der Waals surface area contributed by atoms with E-state index < -0.39 is 18.1 Å². The van der Waals surface area contributed by atoms with Crippen LogP contribution in [0, 0.1) is 20.8 Å². The molecule has 1 aromatic heterocycles. The molecule has 2 aromatic rings. The molecular formula is C18H25NO3SSi. The smallest absolute Gasteiger partial charge is 0.244 e. The van der Waals surface area contributed by atoms with Crippen LogP contribution < -0.4 is 0 Å².